The number of aromatic nitrogens is 6. The summed E-state index contributed by atoms with van der Waals surface area (Å²) in [6, 6.07) is 10.9. The minimum Gasteiger partial charge on any atom is -0.271 e. The zero-order valence-electron chi connectivity index (χ0n) is 14.0. The Morgan fingerprint density at radius 2 is 1.63 bits per heavy atom. The molecule has 27 heavy (non-hydrogen) atoms. The van der Waals surface area contributed by atoms with Gasteiger partial charge in [-0.2, -0.15) is 10.2 Å². The van der Waals surface area contributed by atoms with Crippen LogP contribution in [0.4, 0.5) is 0 Å². The minimum atomic E-state index is 0.582. The Hall–Kier alpha value is -1.74. The summed E-state index contributed by atoms with van der Waals surface area (Å²) in [6.07, 6.45) is 6.88. The van der Waals surface area contributed by atoms with Gasteiger partial charge in [0.2, 0.25) is 0 Å². The van der Waals surface area contributed by atoms with Crippen molar-refractivity contribution in [3.05, 3.63) is 86.1 Å². The number of pyridine rings is 2. The summed E-state index contributed by atoms with van der Waals surface area (Å²) in [5, 5.41) is 11.8. The van der Waals surface area contributed by atoms with Crippen molar-refractivity contribution in [1.82, 2.24) is 29.9 Å². The van der Waals surface area contributed by atoms with Crippen molar-refractivity contribution >= 4 is 55.1 Å². The Bertz CT molecular complexity index is 938. The molecule has 0 aromatic carbocycles. The van der Waals surface area contributed by atoms with E-state index in [9.17, 15) is 0 Å². The van der Waals surface area contributed by atoms with E-state index in [1.54, 1.807) is 41.6 Å². The maximum atomic E-state index is 5.93. The fourth-order valence-electron chi connectivity index (χ4n) is 1.67. The molecule has 4 heterocycles. The third-order valence-electron chi connectivity index (χ3n) is 2.92. The van der Waals surface area contributed by atoms with Crippen molar-refractivity contribution in [2.24, 2.45) is 0 Å². The SMILES string of the molecule is Brc1ccn[nH]1.Cc1ncccc1Cl.Clc1cccnc1-n1ccc(Br)n1. The van der Waals surface area contributed by atoms with Gasteiger partial charge >= 0.3 is 0 Å². The van der Waals surface area contributed by atoms with E-state index in [1.807, 2.05) is 31.2 Å². The lowest BCUT2D eigenvalue weighted by molar-refractivity contribution is 0.839. The number of nitrogens with zero attached hydrogens (tertiary/aromatic N) is 5. The molecule has 0 aliphatic rings. The largest absolute Gasteiger partial charge is 0.271 e. The van der Waals surface area contributed by atoms with Crippen LogP contribution in [0.1, 0.15) is 5.69 Å². The lowest BCUT2D eigenvalue weighted by Crippen LogP contribution is -1.98. The van der Waals surface area contributed by atoms with E-state index < -0.39 is 0 Å². The Morgan fingerprint density at radius 3 is 2.04 bits per heavy atom. The molecule has 0 fully saturated rings. The lowest BCUT2D eigenvalue weighted by atomic mass is 10.4. The Morgan fingerprint density at radius 1 is 0.926 bits per heavy atom. The molecule has 6 nitrogen and oxygen atoms in total. The van der Waals surface area contributed by atoms with E-state index in [2.05, 4.69) is 57.1 Å². The number of aromatic amines is 1. The van der Waals surface area contributed by atoms with E-state index in [4.69, 9.17) is 23.2 Å². The lowest BCUT2D eigenvalue weighted by Gasteiger charge is -2.00. The number of hydrogen-bond acceptors (Lipinski definition) is 4. The topological polar surface area (TPSA) is 72.3 Å². The summed E-state index contributed by atoms with van der Waals surface area (Å²) in [5.41, 5.74) is 0.883. The fraction of sp³-hybridized carbons (Fsp3) is 0.0588. The molecule has 0 saturated heterocycles. The standard InChI is InChI=1S/C8H5BrClN3.C6H6ClN.C3H3BrN2/c9-7-3-5-13(12-7)8-6(10)2-1-4-11-8;1-5-6(7)3-2-4-8-5;4-3-1-2-5-6-3/h1-5H;2-4H,1H3;1-2H,(H,5,6). The molecule has 4 aromatic heterocycles. The van der Waals surface area contributed by atoms with Crippen LogP contribution in [-0.2, 0) is 0 Å². The van der Waals surface area contributed by atoms with Crippen molar-refractivity contribution in [2.45, 2.75) is 6.92 Å². The van der Waals surface area contributed by atoms with Crippen LogP contribution < -0.4 is 0 Å². The van der Waals surface area contributed by atoms with E-state index in [1.165, 1.54) is 0 Å². The highest BCUT2D eigenvalue weighted by Crippen LogP contribution is 2.17. The summed E-state index contributed by atoms with van der Waals surface area (Å²) in [4.78, 5) is 8.06. The summed E-state index contributed by atoms with van der Waals surface area (Å²) in [6.45, 7) is 1.88. The molecule has 0 radical (unpaired) electrons. The molecule has 0 saturated carbocycles. The van der Waals surface area contributed by atoms with Gasteiger partial charge in [-0.05, 0) is 75.2 Å². The number of hydrogen-bond donors (Lipinski definition) is 1. The molecule has 0 aliphatic heterocycles. The van der Waals surface area contributed by atoms with Gasteiger partial charge in [0.05, 0.1) is 15.7 Å². The van der Waals surface area contributed by atoms with E-state index in [-0.39, 0.29) is 0 Å². The first-order valence-electron chi connectivity index (χ1n) is 7.51. The van der Waals surface area contributed by atoms with E-state index in [0.717, 1.165) is 19.9 Å². The van der Waals surface area contributed by atoms with Crippen molar-refractivity contribution in [3.63, 3.8) is 0 Å². The average molecular weight is 533 g/mol. The summed E-state index contributed by atoms with van der Waals surface area (Å²) in [7, 11) is 0. The maximum absolute atomic E-state index is 5.93. The number of rotatable bonds is 1. The van der Waals surface area contributed by atoms with Gasteiger partial charge in [0.1, 0.15) is 9.21 Å². The zero-order valence-corrected chi connectivity index (χ0v) is 18.7. The second kappa shape index (κ2) is 11.2. The third-order valence-corrected chi connectivity index (χ3v) is 4.48. The van der Waals surface area contributed by atoms with Crippen LogP contribution in [0.5, 0.6) is 0 Å². The van der Waals surface area contributed by atoms with Gasteiger partial charge in [-0.15, -0.1) is 0 Å². The van der Waals surface area contributed by atoms with Gasteiger partial charge < -0.3 is 0 Å². The second-order valence-electron chi connectivity index (χ2n) is 4.87. The Kier molecular flexibility index (Phi) is 8.93. The Labute approximate surface area is 183 Å². The number of H-pyrrole nitrogens is 1. The molecule has 0 bridgehead atoms. The third kappa shape index (κ3) is 7.42. The van der Waals surface area contributed by atoms with Gasteiger partial charge in [0.25, 0.3) is 0 Å². The molecule has 0 atom stereocenters. The number of nitrogens with one attached hydrogen (secondary N) is 1. The molecular formula is C17H14Br2Cl2N6. The highest BCUT2D eigenvalue weighted by Gasteiger charge is 2.03. The number of aryl methyl sites for hydroxylation is 1. The average Bonchev–Trinajstić information content (AvgIpc) is 3.30. The van der Waals surface area contributed by atoms with Gasteiger partial charge in [-0.3, -0.25) is 10.1 Å². The first-order valence-corrected chi connectivity index (χ1v) is 9.85. The van der Waals surface area contributed by atoms with Crippen molar-refractivity contribution in [3.8, 4) is 5.82 Å². The predicted molar refractivity (Wildman–Crippen MR) is 114 cm³/mol. The summed E-state index contributed by atoms with van der Waals surface area (Å²) >= 11 is 18.0. The van der Waals surface area contributed by atoms with Crippen LogP contribution in [0, 0.1) is 6.92 Å². The molecule has 10 heteroatoms. The van der Waals surface area contributed by atoms with Crippen molar-refractivity contribution in [1.29, 1.82) is 0 Å². The highest BCUT2D eigenvalue weighted by atomic mass is 79.9. The van der Waals surface area contributed by atoms with E-state index >= 15 is 0 Å². The molecule has 0 aliphatic carbocycles. The van der Waals surface area contributed by atoms with Crippen LogP contribution in [-0.4, -0.2) is 29.9 Å². The van der Waals surface area contributed by atoms with Crippen LogP contribution in [0.2, 0.25) is 10.0 Å². The summed E-state index contributed by atoms with van der Waals surface area (Å²) in [5.74, 6) is 0.634. The smallest absolute Gasteiger partial charge is 0.172 e. The van der Waals surface area contributed by atoms with Gasteiger partial charge in [-0.1, -0.05) is 23.2 Å². The highest BCUT2D eigenvalue weighted by molar-refractivity contribution is 9.10. The molecule has 140 valence electrons. The van der Waals surface area contributed by atoms with Crippen LogP contribution in [0.3, 0.4) is 0 Å². The first kappa shape index (κ1) is 21.6. The quantitative estimate of drug-likeness (QED) is 0.331. The first-order chi connectivity index (χ1) is 13.0. The predicted octanol–water partition coefficient (Wildman–Crippen LogP) is 5.90. The zero-order chi connectivity index (χ0) is 19.6. The monoisotopic (exact) mass is 530 g/mol. The van der Waals surface area contributed by atoms with Crippen LogP contribution in [0.25, 0.3) is 5.82 Å². The van der Waals surface area contributed by atoms with Crippen molar-refractivity contribution in [2.75, 3.05) is 0 Å². The van der Waals surface area contributed by atoms with Gasteiger partial charge in [-0.25, -0.2) is 9.67 Å². The molecule has 0 spiro atoms. The van der Waals surface area contributed by atoms with E-state index in [0.29, 0.717) is 10.8 Å². The normalized spacial score (nSPS) is 9.67. The second-order valence-corrected chi connectivity index (χ2v) is 7.35. The van der Waals surface area contributed by atoms with Crippen LogP contribution >= 0.6 is 55.1 Å². The van der Waals surface area contributed by atoms with Gasteiger partial charge in [0, 0.05) is 24.8 Å². The fourth-order valence-corrected chi connectivity index (χ4v) is 2.51. The Balaban J connectivity index is 0.000000159. The van der Waals surface area contributed by atoms with Gasteiger partial charge in [0.15, 0.2) is 5.82 Å². The molecule has 0 unspecified atom stereocenters. The number of halogens is 4. The molecule has 0 amide bonds. The maximum Gasteiger partial charge on any atom is 0.172 e. The molecule has 1 N–H and O–H groups in total. The molecule has 4 rings (SSSR count). The molecular weight excluding hydrogens is 519 g/mol. The van der Waals surface area contributed by atoms with Crippen molar-refractivity contribution < 1.29 is 0 Å². The molecule has 4 aromatic rings. The minimum absolute atomic E-state index is 0.582. The summed E-state index contributed by atoms with van der Waals surface area (Å²) < 4.78 is 3.29. The van der Waals surface area contributed by atoms with Crippen LogP contribution in [0.15, 0.2) is 70.4 Å².